The number of amides is 1. The van der Waals surface area contributed by atoms with Crippen molar-refractivity contribution in [2.24, 2.45) is 0 Å². The Kier molecular flexibility index (Phi) is 5.20. The van der Waals surface area contributed by atoms with E-state index in [1.54, 1.807) is 47.4 Å². The molecule has 1 N–H and O–H groups in total. The van der Waals surface area contributed by atoms with Crippen molar-refractivity contribution in [3.8, 4) is 0 Å². The van der Waals surface area contributed by atoms with E-state index < -0.39 is 11.9 Å². The lowest BCUT2D eigenvalue weighted by Gasteiger charge is -2.06. The largest absolute Gasteiger partial charge is 0.467 e. The topological polar surface area (TPSA) is 99.3 Å². The van der Waals surface area contributed by atoms with Crippen LogP contribution in [0.5, 0.6) is 0 Å². The second-order valence-electron chi connectivity index (χ2n) is 5.22. The molecule has 3 rings (SSSR count). The Bertz CT molecular complexity index is 811. The predicted octanol–water partition coefficient (Wildman–Crippen LogP) is 1.39. The molecule has 0 aliphatic rings. The van der Waals surface area contributed by atoms with Crippen LogP contribution in [0.4, 0.5) is 0 Å². The fourth-order valence-electron chi connectivity index (χ4n) is 2.11. The summed E-state index contributed by atoms with van der Waals surface area (Å²) in [4.78, 5) is 27.5. The second kappa shape index (κ2) is 7.91. The average Bonchev–Trinajstić information content (AvgIpc) is 3.32. The number of rotatable bonds is 7. The van der Waals surface area contributed by atoms with E-state index in [0.717, 1.165) is 5.56 Å². The van der Waals surface area contributed by atoms with Crippen LogP contribution in [0.15, 0.2) is 59.7 Å². The molecule has 0 saturated carbocycles. The minimum absolute atomic E-state index is 0.250. The lowest BCUT2D eigenvalue weighted by Crippen LogP contribution is -2.28. The maximum absolute atomic E-state index is 12.0. The minimum Gasteiger partial charge on any atom is -0.467 e. The van der Waals surface area contributed by atoms with Crippen molar-refractivity contribution in [1.29, 1.82) is 0 Å². The van der Waals surface area contributed by atoms with Crippen LogP contribution in [0.3, 0.4) is 0 Å². The molecule has 1 amide bonds. The number of ether oxygens (including phenoxy) is 1. The van der Waals surface area contributed by atoms with Gasteiger partial charge in [0.25, 0.3) is 5.91 Å². The molecule has 0 radical (unpaired) electrons. The molecule has 2 heterocycles. The summed E-state index contributed by atoms with van der Waals surface area (Å²) in [5, 5.41) is 6.62. The molecular weight excluding hydrogens is 324 g/mol. The number of nitrogens with zero attached hydrogens (tertiary/aromatic N) is 3. The zero-order valence-electron chi connectivity index (χ0n) is 13.3. The number of hydrogen-bond acceptors (Lipinski definition) is 6. The predicted molar refractivity (Wildman–Crippen MR) is 86.4 cm³/mol. The molecule has 3 aromatic rings. The molecule has 0 bridgehead atoms. The van der Waals surface area contributed by atoms with E-state index in [-0.39, 0.29) is 13.2 Å². The first kappa shape index (κ1) is 16.4. The van der Waals surface area contributed by atoms with Crippen molar-refractivity contribution in [1.82, 2.24) is 20.1 Å². The van der Waals surface area contributed by atoms with Gasteiger partial charge in [-0.05, 0) is 29.8 Å². The van der Waals surface area contributed by atoms with Gasteiger partial charge in [0.05, 0.1) is 24.9 Å². The van der Waals surface area contributed by atoms with Crippen LogP contribution >= 0.6 is 0 Å². The first-order valence-corrected chi connectivity index (χ1v) is 7.58. The smallest absolute Gasteiger partial charge is 0.338 e. The summed E-state index contributed by atoms with van der Waals surface area (Å²) in [6.45, 7) is 0.463. The number of aromatic nitrogens is 3. The third kappa shape index (κ3) is 4.77. The van der Waals surface area contributed by atoms with E-state index in [4.69, 9.17) is 9.15 Å². The average molecular weight is 340 g/mol. The Balaban J connectivity index is 1.45. The molecule has 25 heavy (non-hydrogen) atoms. The molecule has 0 aliphatic heterocycles. The van der Waals surface area contributed by atoms with Gasteiger partial charge >= 0.3 is 5.97 Å². The van der Waals surface area contributed by atoms with Gasteiger partial charge in [-0.3, -0.25) is 4.79 Å². The van der Waals surface area contributed by atoms with Crippen LogP contribution in [-0.2, 0) is 22.6 Å². The van der Waals surface area contributed by atoms with E-state index in [2.05, 4.69) is 15.4 Å². The Morgan fingerprint density at radius 1 is 1.20 bits per heavy atom. The highest BCUT2D eigenvalue weighted by Gasteiger charge is 2.10. The van der Waals surface area contributed by atoms with E-state index in [0.29, 0.717) is 17.9 Å². The number of benzene rings is 1. The van der Waals surface area contributed by atoms with Gasteiger partial charge in [0.1, 0.15) is 18.4 Å². The van der Waals surface area contributed by atoms with Crippen molar-refractivity contribution in [2.45, 2.75) is 13.1 Å². The van der Waals surface area contributed by atoms with E-state index >= 15 is 0 Å². The Hall–Kier alpha value is -3.42. The molecule has 0 unspecified atom stereocenters. The standard InChI is InChI=1S/C17H16N4O4/c22-16(19-8-15-2-1-7-24-15)10-25-17(23)14-5-3-13(4-6-14)9-21-12-18-11-20-21/h1-7,11-12H,8-10H2,(H,19,22). The Labute approximate surface area is 143 Å². The van der Waals surface area contributed by atoms with Gasteiger partial charge in [-0.25, -0.2) is 14.5 Å². The van der Waals surface area contributed by atoms with E-state index in [1.807, 2.05) is 0 Å². The summed E-state index contributed by atoms with van der Waals surface area (Å²) >= 11 is 0. The third-order valence-electron chi connectivity index (χ3n) is 3.38. The SMILES string of the molecule is O=C(COC(=O)c1ccc(Cn2cncn2)cc1)NCc1ccco1. The van der Waals surface area contributed by atoms with Crippen LogP contribution < -0.4 is 5.32 Å². The molecule has 1 aromatic carbocycles. The summed E-state index contributed by atoms with van der Waals surface area (Å²) < 4.78 is 11.8. The molecule has 8 nitrogen and oxygen atoms in total. The van der Waals surface area contributed by atoms with Gasteiger partial charge in [0, 0.05) is 0 Å². The van der Waals surface area contributed by atoms with Gasteiger partial charge in [-0.2, -0.15) is 5.10 Å². The lowest BCUT2D eigenvalue weighted by molar-refractivity contribution is -0.124. The number of carbonyl (C=O) groups excluding carboxylic acids is 2. The quantitative estimate of drug-likeness (QED) is 0.653. The lowest BCUT2D eigenvalue weighted by atomic mass is 10.1. The maximum atomic E-state index is 12.0. The molecule has 0 fully saturated rings. The molecular formula is C17H16N4O4. The summed E-state index contributed by atoms with van der Waals surface area (Å²) in [6.07, 6.45) is 4.60. The van der Waals surface area contributed by atoms with Crippen molar-refractivity contribution in [3.63, 3.8) is 0 Å². The summed E-state index contributed by atoms with van der Waals surface area (Å²) in [6, 6.07) is 10.4. The van der Waals surface area contributed by atoms with Crippen molar-refractivity contribution in [3.05, 3.63) is 72.2 Å². The summed E-state index contributed by atoms with van der Waals surface area (Å²) in [7, 11) is 0. The van der Waals surface area contributed by atoms with E-state index in [1.165, 1.54) is 12.6 Å². The monoisotopic (exact) mass is 340 g/mol. The van der Waals surface area contributed by atoms with Crippen LogP contribution in [-0.4, -0.2) is 33.2 Å². The molecule has 0 spiro atoms. The number of carbonyl (C=O) groups is 2. The van der Waals surface area contributed by atoms with Crippen molar-refractivity contribution in [2.75, 3.05) is 6.61 Å². The van der Waals surface area contributed by atoms with Crippen LogP contribution in [0, 0.1) is 0 Å². The van der Waals surface area contributed by atoms with Crippen LogP contribution in [0.25, 0.3) is 0 Å². The highest BCUT2D eigenvalue weighted by atomic mass is 16.5. The zero-order chi connectivity index (χ0) is 17.5. The second-order valence-corrected chi connectivity index (χ2v) is 5.22. The van der Waals surface area contributed by atoms with Gasteiger partial charge in [0.15, 0.2) is 6.61 Å². The summed E-state index contributed by atoms with van der Waals surface area (Å²) in [5.74, 6) is -0.323. The minimum atomic E-state index is -0.555. The third-order valence-corrected chi connectivity index (χ3v) is 3.38. The summed E-state index contributed by atoms with van der Waals surface area (Å²) in [5.41, 5.74) is 1.35. The number of furan rings is 1. The van der Waals surface area contributed by atoms with Crippen LogP contribution in [0.1, 0.15) is 21.7 Å². The maximum Gasteiger partial charge on any atom is 0.338 e. The number of hydrogen-bond donors (Lipinski definition) is 1. The Morgan fingerprint density at radius 3 is 2.72 bits per heavy atom. The molecule has 8 heteroatoms. The van der Waals surface area contributed by atoms with Crippen molar-refractivity contribution >= 4 is 11.9 Å². The molecule has 128 valence electrons. The van der Waals surface area contributed by atoms with Crippen molar-refractivity contribution < 1.29 is 18.7 Å². The van der Waals surface area contributed by atoms with Gasteiger partial charge in [-0.1, -0.05) is 12.1 Å². The molecule has 0 saturated heterocycles. The van der Waals surface area contributed by atoms with Gasteiger partial charge in [-0.15, -0.1) is 0 Å². The molecule has 2 aromatic heterocycles. The highest BCUT2D eigenvalue weighted by molar-refractivity contribution is 5.91. The number of esters is 1. The first-order valence-electron chi connectivity index (χ1n) is 7.58. The molecule has 0 aliphatic carbocycles. The first-order chi connectivity index (χ1) is 12.2. The fraction of sp³-hybridized carbons (Fsp3) is 0.176. The molecule has 0 atom stereocenters. The normalized spacial score (nSPS) is 10.4. The van der Waals surface area contributed by atoms with E-state index in [9.17, 15) is 9.59 Å². The number of nitrogens with one attached hydrogen (secondary N) is 1. The Morgan fingerprint density at radius 2 is 2.04 bits per heavy atom. The highest BCUT2D eigenvalue weighted by Crippen LogP contribution is 2.07. The van der Waals surface area contributed by atoms with Gasteiger partial charge < -0.3 is 14.5 Å². The van der Waals surface area contributed by atoms with Gasteiger partial charge in [0.2, 0.25) is 0 Å². The van der Waals surface area contributed by atoms with Crippen LogP contribution in [0.2, 0.25) is 0 Å². The fourth-order valence-corrected chi connectivity index (χ4v) is 2.11. The zero-order valence-corrected chi connectivity index (χ0v) is 13.3.